The summed E-state index contributed by atoms with van der Waals surface area (Å²) in [5, 5.41) is 11.9. The molecule has 0 fully saturated rings. The van der Waals surface area contributed by atoms with Gasteiger partial charge in [0.15, 0.2) is 5.54 Å². The largest absolute Gasteiger partial charge is 0.479 e. The van der Waals surface area contributed by atoms with Crippen LogP contribution < -0.4 is 5.32 Å². The van der Waals surface area contributed by atoms with Gasteiger partial charge in [-0.15, -0.1) is 0 Å². The highest BCUT2D eigenvalue weighted by atomic mass is 19.1. The van der Waals surface area contributed by atoms with Crippen molar-refractivity contribution in [3.8, 4) is 0 Å². The molecule has 5 heteroatoms. The fourth-order valence-corrected chi connectivity index (χ4v) is 1.34. The SMILES string of the molecule is CCOCC(C)(Nc1cccc(F)c1)C(=O)O. The van der Waals surface area contributed by atoms with Crippen LogP contribution in [0, 0.1) is 5.82 Å². The molecule has 1 aromatic carbocycles. The zero-order valence-corrected chi connectivity index (χ0v) is 9.87. The second-order valence-corrected chi connectivity index (χ2v) is 3.91. The van der Waals surface area contributed by atoms with Gasteiger partial charge in [0.25, 0.3) is 0 Å². The first-order chi connectivity index (χ1) is 7.98. The van der Waals surface area contributed by atoms with Crippen LogP contribution >= 0.6 is 0 Å². The predicted molar refractivity (Wildman–Crippen MR) is 62.6 cm³/mol. The molecular formula is C12H16FNO3. The van der Waals surface area contributed by atoms with E-state index in [9.17, 15) is 9.18 Å². The third-order valence-electron chi connectivity index (χ3n) is 2.31. The minimum atomic E-state index is -1.27. The van der Waals surface area contributed by atoms with Crippen molar-refractivity contribution in [1.29, 1.82) is 0 Å². The third-order valence-corrected chi connectivity index (χ3v) is 2.31. The van der Waals surface area contributed by atoms with Crippen LogP contribution in [0.5, 0.6) is 0 Å². The van der Waals surface area contributed by atoms with Gasteiger partial charge in [-0.25, -0.2) is 9.18 Å². The van der Waals surface area contributed by atoms with Gasteiger partial charge in [0.2, 0.25) is 0 Å². The summed E-state index contributed by atoms with van der Waals surface area (Å²) >= 11 is 0. The van der Waals surface area contributed by atoms with Gasteiger partial charge in [0.05, 0.1) is 6.61 Å². The molecule has 0 aliphatic heterocycles. The van der Waals surface area contributed by atoms with Gasteiger partial charge in [-0.05, 0) is 32.0 Å². The average Bonchev–Trinajstić information content (AvgIpc) is 2.26. The van der Waals surface area contributed by atoms with Gasteiger partial charge >= 0.3 is 5.97 Å². The molecule has 4 nitrogen and oxygen atoms in total. The molecule has 0 amide bonds. The minimum Gasteiger partial charge on any atom is -0.479 e. The monoisotopic (exact) mass is 241 g/mol. The molecule has 94 valence electrons. The molecular weight excluding hydrogens is 225 g/mol. The van der Waals surface area contributed by atoms with E-state index in [1.54, 1.807) is 13.0 Å². The molecule has 0 aromatic heterocycles. The van der Waals surface area contributed by atoms with E-state index >= 15 is 0 Å². The number of hydrogen-bond donors (Lipinski definition) is 2. The Bertz CT molecular complexity index is 397. The zero-order chi connectivity index (χ0) is 12.9. The summed E-state index contributed by atoms with van der Waals surface area (Å²) < 4.78 is 18.1. The average molecular weight is 241 g/mol. The van der Waals surface area contributed by atoms with Gasteiger partial charge in [0, 0.05) is 12.3 Å². The van der Waals surface area contributed by atoms with E-state index in [-0.39, 0.29) is 6.61 Å². The topological polar surface area (TPSA) is 58.6 Å². The van der Waals surface area contributed by atoms with Crippen molar-refractivity contribution in [3.05, 3.63) is 30.1 Å². The van der Waals surface area contributed by atoms with Crippen molar-refractivity contribution in [1.82, 2.24) is 0 Å². The van der Waals surface area contributed by atoms with Crippen LogP contribution in [0.4, 0.5) is 10.1 Å². The number of carboxylic acids is 1. The summed E-state index contributed by atoms with van der Waals surface area (Å²) in [5.41, 5.74) is -0.862. The Labute approximate surface area is 99.4 Å². The molecule has 17 heavy (non-hydrogen) atoms. The molecule has 0 heterocycles. The number of benzene rings is 1. The molecule has 0 bridgehead atoms. The molecule has 1 atom stereocenters. The number of carboxylic acid groups (broad SMARTS) is 1. The van der Waals surface area contributed by atoms with E-state index < -0.39 is 17.3 Å². The number of halogens is 1. The molecule has 1 unspecified atom stereocenters. The maximum absolute atomic E-state index is 13.0. The van der Waals surface area contributed by atoms with Crippen LogP contribution in [0.25, 0.3) is 0 Å². The van der Waals surface area contributed by atoms with E-state index in [1.807, 2.05) is 0 Å². The van der Waals surface area contributed by atoms with Crippen LogP contribution in [-0.4, -0.2) is 29.8 Å². The highest BCUT2D eigenvalue weighted by molar-refractivity contribution is 5.82. The first-order valence-electron chi connectivity index (χ1n) is 5.33. The van der Waals surface area contributed by atoms with Crippen LogP contribution in [-0.2, 0) is 9.53 Å². The lowest BCUT2D eigenvalue weighted by Crippen LogP contribution is -2.47. The highest BCUT2D eigenvalue weighted by Gasteiger charge is 2.33. The summed E-state index contributed by atoms with van der Waals surface area (Å²) in [6.07, 6.45) is 0. The lowest BCUT2D eigenvalue weighted by Gasteiger charge is -2.27. The quantitative estimate of drug-likeness (QED) is 0.801. The van der Waals surface area contributed by atoms with Crippen molar-refractivity contribution in [2.75, 3.05) is 18.5 Å². The zero-order valence-electron chi connectivity index (χ0n) is 9.87. The van der Waals surface area contributed by atoms with Crippen molar-refractivity contribution in [2.24, 2.45) is 0 Å². The van der Waals surface area contributed by atoms with Crippen LogP contribution in [0.15, 0.2) is 24.3 Å². The summed E-state index contributed by atoms with van der Waals surface area (Å²) in [5.74, 6) is -1.46. The Morgan fingerprint density at radius 3 is 2.82 bits per heavy atom. The number of hydrogen-bond acceptors (Lipinski definition) is 3. The first kappa shape index (κ1) is 13.4. The lowest BCUT2D eigenvalue weighted by atomic mass is 10.0. The van der Waals surface area contributed by atoms with Crippen molar-refractivity contribution in [3.63, 3.8) is 0 Å². The Morgan fingerprint density at radius 2 is 2.29 bits per heavy atom. The van der Waals surface area contributed by atoms with Gasteiger partial charge in [-0.3, -0.25) is 0 Å². The molecule has 0 radical (unpaired) electrons. The fourth-order valence-electron chi connectivity index (χ4n) is 1.34. The van der Waals surface area contributed by atoms with Crippen molar-refractivity contribution in [2.45, 2.75) is 19.4 Å². The number of anilines is 1. The molecule has 0 spiro atoms. The van der Waals surface area contributed by atoms with Crippen molar-refractivity contribution < 1.29 is 19.0 Å². The summed E-state index contributed by atoms with van der Waals surface area (Å²) in [6.45, 7) is 3.71. The normalized spacial score (nSPS) is 14.1. The predicted octanol–water partition coefficient (Wildman–Crippen LogP) is 2.12. The van der Waals surface area contributed by atoms with Crippen LogP contribution in [0.2, 0.25) is 0 Å². The number of nitrogens with one attached hydrogen (secondary N) is 1. The molecule has 0 aliphatic rings. The number of ether oxygens (including phenoxy) is 1. The van der Waals surface area contributed by atoms with E-state index in [4.69, 9.17) is 9.84 Å². The Balaban J connectivity index is 2.83. The van der Waals surface area contributed by atoms with Gasteiger partial charge in [-0.1, -0.05) is 6.07 Å². The van der Waals surface area contributed by atoms with E-state index in [1.165, 1.54) is 25.1 Å². The number of aliphatic carboxylic acids is 1. The summed E-state index contributed by atoms with van der Waals surface area (Å²) in [4.78, 5) is 11.2. The fraction of sp³-hybridized carbons (Fsp3) is 0.417. The van der Waals surface area contributed by atoms with Crippen LogP contribution in [0.3, 0.4) is 0 Å². The van der Waals surface area contributed by atoms with Crippen molar-refractivity contribution >= 4 is 11.7 Å². The second-order valence-electron chi connectivity index (χ2n) is 3.91. The summed E-state index contributed by atoms with van der Waals surface area (Å²) in [6, 6.07) is 5.66. The van der Waals surface area contributed by atoms with Gasteiger partial charge in [0.1, 0.15) is 5.82 Å². The van der Waals surface area contributed by atoms with Crippen LogP contribution in [0.1, 0.15) is 13.8 Å². The lowest BCUT2D eigenvalue weighted by molar-refractivity contribution is -0.143. The van der Waals surface area contributed by atoms with E-state index in [0.29, 0.717) is 12.3 Å². The maximum atomic E-state index is 13.0. The van der Waals surface area contributed by atoms with Gasteiger partial charge < -0.3 is 15.2 Å². The molecule has 1 rings (SSSR count). The minimum absolute atomic E-state index is 0.00927. The number of rotatable bonds is 6. The first-order valence-corrected chi connectivity index (χ1v) is 5.33. The summed E-state index contributed by atoms with van der Waals surface area (Å²) in [7, 11) is 0. The van der Waals surface area contributed by atoms with E-state index in [2.05, 4.69) is 5.32 Å². The Kier molecular flexibility index (Phi) is 4.45. The number of carbonyl (C=O) groups is 1. The van der Waals surface area contributed by atoms with Gasteiger partial charge in [-0.2, -0.15) is 0 Å². The molecule has 2 N–H and O–H groups in total. The maximum Gasteiger partial charge on any atom is 0.331 e. The standard InChI is InChI=1S/C12H16FNO3/c1-3-17-8-12(2,11(15)16)14-10-6-4-5-9(13)7-10/h4-7,14H,3,8H2,1-2H3,(H,15,16). The second kappa shape index (κ2) is 5.63. The Morgan fingerprint density at radius 1 is 1.59 bits per heavy atom. The highest BCUT2D eigenvalue weighted by Crippen LogP contribution is 2.17. The molecule has 0 aliphatic carbocycles. The van der Waals surface area contributed by atoms with E-state index in [0.717, 1.165) is 0 Å². The smallest absolute Gasteiger partial charge is 0.331 e. The molecule has 0 saturated heterocycles. The third kappa shape index (κ3) is 3.71. The molecule has 0 saturated carbocycles. The molecule has 1 aromatic rings. The Hall–Kier alpha value is -1.62.